The Morgan fingerprint density at radius 1 is 1.41 bits per heavy atom. The molecule has 2 amide bonds. The molecule has 0 aromatic carbocycles. The van der Waals surface area contributed by atoms with Crippen molar-refractivity contribution in [3.05, 3.63) is 23.2 Å². The van der Waals surface area contributed by atoms with E-state index < -0.39 is 24.0 Å². The third kappa shape index (κ3) is 4.64. The average Bonchev–Trinajstić information content (AvgIpc) is 3.13. The molecule has 146 valence electrons. The Morgan fingerprint density at radius 2 is 2.04 bits per heavy atom. The predicted molar refractivity (Wildman–Crippen MR) is 90.4 cm³/mol. The zero-order valence-electron chi connectivity index (χ0n) is 13.7. The van der Waals surface area contributed by atoms with Crippen molar-refractivity contribution in [3.8, 4) is 0 Å². The number of fused-ring (bicyclic) bond motifs is 1. The highest BCUT2D eigenvalue weighted by Gasteiger charge is 2.38. The molecule has 5 N–H and O–H groups in total. The number of halogens is 3. The molecule has 0 unspecified atom stereocenters. The number of hydrogen-bond donors (Lipinski definition) is 3. The first-order valence-electron chi connectivity index (χ1n) is 7.51. The number of carbonyl (C=O) groups excluding carboxylic acids is 2. The summed E-state index contributed by atoms with van der Waals surface area (Å²) < 4.78 is 32.8. The second-order valence-electron chi connectivity index (χ2n) is 5.64. The molecule has 1 atom stereocenters. The number of aromatic nitrogens is 1. The molecule has 0 radical (unpaired) electrons. The van der Waals surface area contributed by atoms with Crippen LogP contribution in [0.2, 0.25) is 0 Å². The van der Waals surface area contributed by atoms with Crippen molar-refractivity contribution < 1.29 is 32.7 Å². The maximum Gasteiger partial charge on any atom is 0.490 e. The van der Waals surface area contributed by atoms with Crippen LogP contribution in [0.15, 0.2) is 17.6 Å². The third-order valence-electron chi connectivity index (χ3n) is 3.84. The lowest BCUT2D eigenvalue weighted by atomic mass is 10.1. The molecule has 2 aromatic rings. The Bertz CT molecular complexity index is 884. The highest BCUT2D eigenvalue weighted by atomic mass is 32.1. The fraction of sp³-hybridized carbons (Fsp3) is 0.333. The van der Waals surface area contributed by atoms with Gasteiger partial charge < -0.3 is 21.5 Å². The van der Waals surface area contributed by atoms with E-state index in [2.05, 4.69) is 4.98 Å². The van der Waals surface area contributed by atoms with Crippen LogP contribution >= 0.6 is 11.3 Å². The number of likely N-dealkylation sites (tertiary alicyclic amines) is 1. The molecule has 3 rings (SSSR count). The summed E-state index contributed by atoms with van der Waals surface area (Å²) in [5.74, 6) is -3.71. The van der Waals surface area contributed by atoms with Crippen molar-refractivity contribution in [2.24, 2.45) is 11.7 Å². The van der Waals surface area contributed by atoms with Crippen molar-refractivity contribution in [3.63, 3.8) is 0 Å². The first-order chi connectivity index (χ1) is 12.5. The number of primary amides is 1. The number of thiophene rings is 1. The number of nitrogens with two attached hydrogens (primary N) is 2. The van der Waals surface area contributed by atoms with Crippen LogP contribution in [0.5, 0.6) is 0 Å². The molecule has 27 heavy (non-hydrogen) atoms. The summed E-state index contributed by atoms with van der Waals surface area (Å²) >= 11 is 1.57. The van der Waals surface area contributed by atoms with E-state index >= 15 is 0 Å². The summed E-state index contributed by atoms with van der Waals surface area (Å²) in [5.41, 5.74) is 12.1. The van der Waals surface area contributed by atoms with E-state index in [0.29, 0.717) is 25.3 Å². The van der Waals surface area contributed by atoms with Gasteiger partial charge in [-0.05, 0) is 23.4 Å². The normalized spacial score (nSPS) is 16.9. The number of anilines is 1. The lowest BCUT2D eigenvalue weighted by Crippen LogP contribution is -2.33. The first-order valence-corrected chi connectivity index (χ1v) is 8.39. The van der Waals surface area contributed by atoms with Gasteiger partial charge in [0.05, 0.1) is 0 Å². The number of amides is 2. The van der Waals surface area contributed by atoms with Crippen molar-refractivity contribution in [2.45, 2.75) is 19.1 Å². The largest absolute Gasteiger partial charge is 0.490 e. The van der Waals surface area contributed by atoms with Crippen molar-refractivity contribution in [1.82, 2.24) is 9.88 Å². The highest BCUT2D eigenvalue weighted by molar-refractivity contribution is 7.17. The van der Waals surface area contributed by atoms with Crippen molar-refractivity contribution in [2.75, 3.05) is 12.3 Å². The molecule has 12 heteroatoms. The van der Waals surface area contributed by atoms with Gasteiger partial charge in [-0.2, -0.15) is 13.2 Å². The first kappa shape index (κ1) is 20.4. The quantitative estimate of drug-likeness (QED) is 0.660. The Hall–Kier alpha value is -2.89. The van der Waals surface area contributed by atoms with Gasteiger partial charge in [0.25, 0.3) is 0 Å². The van der Waals surface area contributed by atoms with Crippen molar-refractivity contribution >= 4 is 45.0 Å². The molecule has 0 aliphatic carbocycles. The number of alkyl halides is 3. The maximum absolute atomic E-state index is 12.1. The smallest absolute Gasteiger partial charge is 0.475 e. The molecule has 0 bridgehead atoms. The maximum atomic E-state index is 12.1. The highest BCUT2D eigenvalue weighted by Crippen LogP contribution is 2.31. The zero-order valence-corrected chi connectivity index (χ0v) is 14.5. The van der Waals surface area contributed by atoms with E-state index in [1.165, 1.54) is 0 Å². The van der Waals surface area contributed by atoms with Crippen molar-refractivity contribution in [1.29, 1.82) is 0 Å². The minimum absolute atomic E-state index is 0.195. The predicted octanol–water partition coefficient (Wildman–Crippen LogP) is 1.35. The van der Waals surface area contributed by atoms with Gasteiger partial charge in [0.1, 0.15) is 11.7 Å². The van der Waals surface area contributed by atoms with E-state index in [9.17, 15) is 22.8 Å². The standard InChI is InChI=1S/C13H14N4O2S.C2HF3O2/c14-11-10-7(6-20-9(10)1-3-16-11)5-17-4-2-8(12(15)18)13(17)19;3-2(4,5)1(6)7/h1,3,6,8H,2,4-5H2,(H2,14,16)(H2,15,18);(H,6,7)/t8-;/m1./s1. The number of nitrogen functional groups attached to an aromatic ring is 1. The molecule has 1 fully saturated rings. The second-order valence-corrected chi connectivity index (χ2v) is 6.55. The molecule has 3 heterocycles. The molecule has 0 saturated carbocycles. The molecule has 1 aliphatic heterocycles. The van der Waals surface area contributed by atoms with E-state index in [4.69, 9.17) is 21.4 Å². The van der Waals surface area contributed by atoms with E-state index in [1.54, 1.807) is 22.4 Å². The van der Waals surface area contributed by atoms with Crippen LogP contribution in [-0.2, 0) is 20.9 Å². The van der Waals surface area contributed by atoms with Crippen LogP contribution in [0.4, 0.5) is 19.0 Å². The molecule has 1 saturated heterocycles. The summed E-state index contributed by atoms with van der Waals surface area (Å²) in [6.07, 6.45) is -2.92. The Kier molecular flexibility index (Phi) is 5.88. The number of carbonyl (C=O) groups is 3. The molecule has 8 nitrogen and oxygen atoms in total. The summed E-state index contributed by atoms with van der Waals surface area (Å²) in [6.45, 7) is 0.989. The monoisotopic (exact) mass is 404 g/mol. The van der Waals surface area contributed by atoms with Crippen LogP contribution in [0.25, 0.3) is 10.1 Å². The fourth-order valence-corrected chi connectivity index (χ4v) is 3.51. The van der Waals surface area contributed by atoms with Crippen LogP contribution in [-0.4, -0.2) is 45.5 Å². The van der Waals surface area contributed by atoms with E-state index in [0.717, 1.165) is 15.6 Å². The average molecular weight is 404 g/mol. The van der Waals surface area contributed by atoms with Gasteiger partial charge in [0.2, 0.25) is 11.8 Å². The molecule has 1 aliphatic rings. The third-order valence-corrected chi connectivity index (χ3v) is 4.83. The molecular weight excluding hydrogens is 389 g/mol. The number of carboxylic acid groups (broad SMARTS) is 1. The summed E-state index contributed by atoms with van der Waals surface area (Å²) in [5, 5.41) is 10.0. The van der Waals surface area contributed by atoms with Gasteiger partial charge in [-0.15, -0.1) is 11.3 Å². The van der Waals surface area contributed by atoms with Crippen LogP contribution in [0.1, 0.15) is 12.0 Å². The number of nitrogens with zero attached hydrogens (tertiary/aromatic N) is 2. The van der Waals surface area contributed by atoms with Gasteiger partial charge >= 0.3 is 12.1 Å². The Balaban J connectivity index is 0.000000321. The summed E-state index contributed by atoms with van der Waals surface area (Å²) in [4.78, 5) is 37.9. The Morgan fingerprint density at radius 3 is 2.56 bits per heavy atom. The summed E-state index contributed by atoms with van der Waals surface area (Å²) in [7, 11) is 0. The van der Waals surface area contributed by atoms with Crippen LogP contribution in [0, 0.1) is 5.92 Å². The number of hydrogen-bond acceptors (Lipinski definition) is 6. The number of rotatable bonds is 3. The Labute approximate surface area is 154 Å². The lowest BCUT2D eigenvalue weighted by Gasteiger charge is -2.15. The minimum Gasteiger partial charge on any atom is -0.475 e. The molecular formula is C15H15F3N4O4S. The second kappa shape index (κ2) is 7.78. The molecule has 2 aromatic heterocycles. The van der Waals surface area contributed by atoms with Gasteiger partial charge in [-0.25, -0.2) is 9.78 Å². The van der Waals surface area contributed by atoms with Crippen LogP contribution in [0.3, 0.4) is 0 Å². The van der Waals surface area contributed by atoms with Gasteiger partial charge in [0.15, 0.2) is 0 Å². The topological polar surface area (TPSA) is 140 Å². The van der Waals surface area contributed by atoms with E-state index in [-0.39, 0.29) is 5.91 Å². The number of carboxylic acids is 1. The number of pyridine rings is 1. The minimum atomic E-state index is -5.08. The number of aliphatic carboxylic acids is 1. The fourth-order valence-electron chi connectivity index (χ4n) is 2.56. The SMILES string of the molecule is NC(=O)[C@H]1CCN(Cc2csc3ccnc(N)c23)C1=O.O=C(O)C(F)(F)F. The van der Waals surface area contributed by atoms with Gasteiger partial charge in [0, 0.05) is 29.4 Å². The van der Waals surface area contributed by atoms with Crippen LogP contribution < -0.4 is 11.5 Å². The molecule has 0 spiro atoms. The lowest BCUT2D eigenvalue weighted by molar-refractivity contribution is -0.192. The zero-order chi connectivity index (χ0) is 20.4. The van der Waals surface area contributed by atoms with Gasteiger partial charge in [-0.3, -0.25) is 9.59 Å². The summed E-state index contributed by atoms with van der Waals surface area (Å²) in [6, 6.07) is 1.90. The van der Waals surface area contributed by atoms with E-state index in [1.807, 2.05) is 11.4 Å². The van der Waals surface area contributed by atoms with Gasteiger partial charge in [-0.1, -0.05) is 0 Å².